The van der Waals surface area contributed by atoms with Gasteiger partial charge < -0.3 is 10.5 Å². The molecule has 13 heavy (non-hydrogen) atoms. The molecule has 1 heterocycles. The van der Waals surface area contributed by atoms with Gasteiger partial charge in [0.25, 0.3) is 0 Å². The van der Waals surface area contributed by atoms with Gasteiger partial charge in [0, 0.05) is 6.20 Å². The van der Waals surface area contributed by atoms with E-state index >= 15 is 0 Å². The molecule has 0 aliphatic heterocycles. The Hall–Kier alpha value is -1.09. The minimum absolute atomic E-state index is 0.494. The summed E-state index contributed by atoms with van der Waals surface area (Å²) < 4.78 is 5.08. The average molecular weight is 180 g/mol. The summed E-state index contributed by atoms with van der Waals surface area (Å²) in [5.74, 6) is 1.30. The molecule has 3 nitrogen and oxygen atoms in total. The van der Waals surface area contributed by atoms with Gasteiger partial charge in [-0.1, -0.05) is 6.92 Å². The molecule has 72 valence electrons. The maximum atomic E-state index is 5.54. The third-order valence-corrected chi connectivity index (χ3v) is 1.99. The molecule has 0 saturated heterocycles. The molecule has 1 aromatic heterocycles. The van der Waals surface area contributed by atoms with Gasteiger partial charge in [-0.2, -0.15) is 0 Å². The first-order valence-electron chi connectivity index (χ1n) is 4.44. The maximum absolute atomic E-state index is 5.54. The summed E-state index contributed by atoms with van der Waals surface area (Å²) in [6.07, 6.45) is 4.52. The van der Waals surface area contributed by atoms with Crippen LogP contribution in [0.1, 0.15) is 12.5 Å². The second-order valence-corrected chi connectivity index (χ2v) is 3.28. The molecule has 1 rings (SSSR count). The van der Waals surface area contributed by atoms with E-state index in [0.29, 0.717) is 12.5 Å². The van der Waals surface area contributed by atoms with Gasteiger partial charge in [-0.3, -0.25) is 4.98 Å². The van der Waals surface area contributed by atoms with Crippen LogP contribution in [0.2, 0.25) is 0 Å². The molecule has 0 radical (unpaired) electrons. The summed E-state index contributed by atoms with van der Waals surface area (Å²) in [7, 11) is 1.65. The Kier molecular flexibility index (Phi) is 3.71. The van der Waals surface area contributed by atoms with Crippen LogP contribution in [-0.4, -0.2) is 18.6 Å². The van der Waals surface area contributed by atoms with Crippen molar-refractivity contribution >= 4 is 0 Å². The monoisotopic (exact) mass is 180 g/mol. The van der Waals surface area contributed by atoms with Crippen LogP contribution in [0.15, 0.2) is 18.5 Å². The van der Waals surface area contributed by atoms with E-state index in [9.17, 15) is 0 Å². The van der Waals surface area contributed by atoms with Crippen molar-refractivity contribution in [3.8, 4) is 5.75 Å². The van der Waals surface area contributed by atoms with Gasteiger partial charge in [0.15, 0.2) is 0 Å². The molecule has 0 aliphatic rings. The molecule has 0 spiro atoms. The third kappa shape index (κ3) is 3.03. The molecule has 3 heteroatoms. The molecular formula is C10H16N2O. The Morgan fingerprint density at radius 3 is 2.92 bits per heavy atom. The van der Waals surface area contributed by atoms with Gasteiger partial charge in [-0.25, -0.2) is 0 Å². The van der Waals surface area contributed by atoms with Gasteiger partial charge in [-0.05, 0) is 30.5 Å². The summed E-state index contributed by atoms with van der Waals surface area (Å²) in [6, 6.07) is 2.00. The van der Waals surface area contributed by atoms with Crippen molar-refractivity contribution in [2.75, 3.05) is 13.7 Å². The summed E-state index contributed by atoms with van der Waals surface area (Å²) >= 11 is 0. The van der Waals surface area contributed by atoms with Crippen molar-refractivity contribution in [3.05, 3.63) is 24.0 Å². The van der Waals surface area contributed by atoms with Crippen LogP contribution in [0, 0.1) is 5.92 Å². The number of pyridine rings is 1. The largest absolute Gasteiger partial charge is 0.495 e. The Labute approximate surface area is 78.9 Å². The van der Waals surface area contributed by atoms with E-state index in [2.05, 4.69) is 11.9 Å². The molecule has 1 atom stereocenters. The molecule has 0 fully saturated rings. The SMILES string of the molecule is COc1cncc(CC(C)CN)c1. The van der Waals surface area contributed by atoms with Gasteiger partial charge in [0.05, 0.1) is 13.3 Å². The lowest BCUT2D eigenvalue weighted by molar-refractivity contribution is 0.411. The second kappa shape index (κ2) is 4.82. The maximum Gasteiger partial charge on any atom is 0.137 e. The standard InChI is InChI=1S/C10H16N2O/c1-8(5-11)3-9-4-10(13-2)7-12-6-9/h4,6-8H,3,5,11H2,1-2H3. The van der Waals surface area contributed by atoms with Crippen molar-refractivity contribution in [2.45, 2.75) is 13.3 Å². The van der Waals surface area contributed by atoms with Crippen LogP contribution < -0.4 is 10.5 Å². The van der Waals surface area contributed by atoms with Gasteiger partial charge in [0.2, 0.25) is 0 Å². The lowest BCUT2D eigenvalue weighted by Crippen LogP contribution is -2.13. The van der Waals surface area contributed by atoms with Crippen LogP contribution in [-0.2, 0) is 6.42 Å². The molecule has 1 unspecified atom stereocenters. The Morgan fingerprint density at radius 1 is 1.54 bits per heavy atom. The second-order valence-electron chi connectivity index (χ2n) is 3.28. The molecule has 2 N–H and O–H groups in total. The van der Waals surface area contributed by atoms with Crippen LogP contribution in [0.4, 0.5) is 0 Å². The number of aromatic nitrogens is 1. The highest BCUT2D eigenvalue weighted by atomic mass is 16.5. The van der Waals surface area contributed by atoms with Crippen LogP contribution in [0.25, 0.3) is 0 Å². The third-order valence-electron chi connectivity index (χ3n) is 1.99. The number of ether oxygens (including phenoxy) is 1. The first kappa shape index (κ1) is 9.99. The lowest BCUT2D eigenvalue weighted by Gasteiger charge is -2.08. The molecule has 0 saturated carbocycles. The number of hydrogen-bond acceptors (Lipinski definition) is 3. The number of nitrogens with two attached hydrogens (primary N) is 1. The first-order chi connectivity index (χ1) is 6.26. The van der Waals surface area contributed by atoms with Crippen molar-refractivity contribution in [3.63, 3.8) is 0 Å². The minimum atomic E-state index is 0.494. The Bertz CT molecular complexity index is 263. The lowest BCUT2D eigenvalue weighted by atomic mass is 10.0. The zero-order valence-electron chi connectivity index (χ0n) is 8.16. The molecular weight excluding hydrogens is 164 g/mol. The van der Waals surface area contributed by atoms with E-state index in [-0.39, 0.29) is 0 Å². The number of methoxy groups -OCH3 is 1. The minimum Gasteiger partial charge on any atom is -0.495 e. The Balaban J connectivity index is 2.66. The normalized spacial score (nSPS) is 12.5. The quantitative estimate of drug-likeness (QED) is 0.758. The first-order valence-corrected chi connectivity index (χ1v) is 4.44. The fourth-order valence-electron chi connectivity index (χ4n) is 1.17. The van der Waals surface area contributed by atoms with Crippen LogP contribution >= 0.6 is 0 Å². The van der Waals surface area contributed by atoms with Crippen molar-refractivity contribution in [1.29, 1.82) is 0 Å². The van der Waals surface area contributed by atoms with Crippen molar-refractivity contribution in [1.82, 2.24) is 4.98 Å². The van der Waals surface area contributed by atoms with E-state index in [1.807, 2.05) is 12.3 Å². The number of hydrogen-bond donors (Lipinski definition) is 1. The average Bonchev–Trinajstić information content (AvgIpc) is 2.18. The summed E-state index contributed by atoms with van der Waals surface area (Å²) in [4.78, 5) is 4.08. The van der Waals surface area contributed by atoms with Crippen molar-refractivity contribution in [2.24, 2.45) is 11.7 Å². The predicted molar refractivity (Wildman–Crippen MR) is 52.7 cm³/mol. The smallest absolute Gasteiger partial charge is 0.137 e. The molecule has 0 aliphatic carbocycles. The zero-order valence-corrected chi connectivity index (χ0v) is 8.16. The predicted octanol–water partition coefficient (Wildman–Crippen LogP) is 1.23. The number of rotatable bonds is 4. The summed E-state index contributed by atoms with van der Waals surface area (Å²) in [6.45, 7) is 2.83. The summed E-state index contributed by atoms with van der Waals surface area (Å²) in [5, 5.41) is 0. The molecule has 1 aromatic rings. The van der Waals surface area contributed by atoms with Crippen LogP contribution in [0.5, 0.6) is 5.75 Å². The fraction of sp³-hybridized carbons (Fsp3) is 0.500. The van der Waals surface area contributed by atoms with E-state index in [1.165, 1.54) is 5.56 Å². The topological polar surface area (TPSA) is 48.1 Å². The van der Waals surface area contributed by atoms with Gasteiger partial charge >= 0.3 is 0 Å². The highest BCUT2D eigenvalue weighted by molar-refractivity contribution is 5.23. The van der Waals surface area contributed by atoms with Gasteiger partial charge in [0.1, 0.15) is 5.75 Å². The number of nitrogens with zero attached hydrogens (tertiary/aromatic N) is 1. The van der Waals surface area contributed by atoms with Crippen molar-refractivity contribution < 1.29 is 4.74 Å². The molecule has 0 amide bonds. The fourth-order valence-corrected chi connectivity index (χ4v) is 1.17. The van der Waals surface area contributed by atoms with E-state index in [0.717, 1.165) is 12.2 Å². The molecule has 0 bridgehead atoms. The van der Waals surface area contributed by atoms with Gasteiger partial charge in [-0.15, -0.1) is 0 Å². The van der Waals surface area contributed by atoms with E-state index < -0.39 is 0 Å². The van der Waals surface area contributed by atoms with Crippen LogP contribution in [0.3, 0.4) is 0 Å². The Morgan fingerprint density at radius 2 is 2.31 bits per heavy atom. The highest BCUT2D eigenvalue weighted by Gasteiger charge is 2.02. The molecule has 0 aromatic carbocycles. The zero-order chi connectivity index (χ0) is 9.68. The highest BCUT2D eigenvalue weighted by Crippen LogP contribution is 2.13. The summed E-state index contributed by atoms with van der Waals surface area (Å²) in [5.41, 5.74) is 6.72. The van der Waals surface area contributed by atoms with E-state index in [4.69, 9.17) is 10.5 Å². The van der Waals surface area contributed by atoms with E-state index in [1.54, 1.807) is 13.3 Å².